The molecule has 4 rings (SSSR count). The van der Waals surface area contributed by atoms with E-state index in [1.807, 2.05) is 60.1 Å². The molecule has 0 aliphatic carbocycles. The molecule has 1 amide bonds. The summed E-state index contributed by atoms with van der Waals surface area (Å²) in [5.74, 6) is 0.949. The lowest BCUT2D eigenvalue weighted by Crippen LogP contribution is -2.26. The van der Waals surface area contributed by atoms with Gasteiger partial charge in [0.1, 0.15) is 0 Å². The summed E-state index contributed by atoms with van der Waals surface area (Å²) in [5.41, 5.74) is 1.68. The van der Waals surface area contributed by atoms with Crippen molar-refractivity contribution in [2.75, 3.05) is 4.90 Å². The number of aryl methyl sites for hydroxylation is 2. The maximum atomic E-state index is 13.0. The van der Waals surface area contributed by atoms with Gasteiger partial charge in [-0.15, -0.1) is 22.7 Å². The van der Waals surface area contributed by atoms with Gasteiger partial charge < -0.3 is 4.52 Å². The van der Waals surface area contributed by atoms with Crippen molar-refractivity contribution in [3.8, 4) is 10.7 Å². The summed E-state index contributed by atoms with van der Waals surface area (Å²) in [4.78, 5) is 24.4. The van der Waals surface area contributed by atoms with Crippen LogP contribution in [0, 0.1) is 6.92 Å². The summed E-state index contributed by atoms with van der Waals surface area (Å²) in [7, 11) is 0. The van der Waals surface area contributed by atoms with Crippen LogP contribution in [-0.4, -0.2) is 21.0 Å². The average molecular weight is 396 g/mol. The zero-order chi connectivity index (χ0) is 18.6. The first-order valence-electron chi connectivity index (χ1n) is 8.37. The molecule has 4 aromatic rings. The molecule has 6 nitrogen and oxygen atoms in total. The third-order valence-corrected chi connectivity index (χ3v) is 5.63. The van der Waals surface area contributed by atoms with E-state index in [2.05, 4.69) is 15.1 Å². The number of benzene rings is 1. The molecule has 0 fully saturated rings. The van der Waals surface area contributed by atoms with Gasteiger partial charge in [-0.25, -0.2) is 4.98 Å². The van der Waals surface area contributed by atoms with E-state index < -0.39 is 0 Å². The third kappa shape index (κ3) is 3.96. The second-order valence-corrected chi connectivity index (χ2v) is 7.61. The standard InChI is InChI=1S/C19H16N4O2S2/c1-13-12-27-19(20-13)23(14-6-3-2-4-7-14)17(24)10-9-16-21-18(22-25-16)15-8-5-11-26-15/h2-8,11-12H,9-10H2,1H3. The fourth-order valence-corrected chi connectivity index (χ4v) is 4.06. The molecule has 0 unspecified atom stereocenters. The summed E-state index contributed by atoms with van der Waals surface area (Å²) in [5, 5.41) is 8.55. The van der Waals surface area contributed by atoms with Gasteiger partial charge in [0, 0.05) is 18.2 Å². The van der Waals surface area contributed by atoms with Gasteiger partial charge in [0.15, 0.2) is 5.13 Å². The lowest BCUT2D eigenvalue weighted by atomic mass is 10.2. The molecule has 0 aliphatic heterocycles. The van der Waals surface area contributed by atoms with E-state index >= 15 is 0 Å². The summed E-state index contributed by atoms with van der Waals surface area (Å²) >= 11 is 3.00. The maximum Gasteiger partial charge on any atom is 0.233 e. The predicted octanol–water partition coefficient (Wildman–Crippen LogP) is 4.86. The molecule has 0 saturated carbocycles. The van der Waals surface area contributed by atoms with E-state index in [9.17, 15) is 4.79 Å². The van der Waals surface area contributed by atoms with Crippen LogP contribution in [0.2, 0.25) is 0 Å². The summed E-state index contributed by atoms with van der Waals surface area (Å²) < 4.78 is 5.30. The minimum Gasteiger partial charge on any atom is -0.339 e. The summed E-state index contributed by atoms with van der Waals surface area (Å²) in [6.45, 7) is 1.91. The molecule has 0 atom stereocenters. The molecule has 136 valence electrons. The molecule has 3 heterocycles. The smallest absolute Gasteiger partial charge is 0.233 e. The largest absolute Gasteiger partial charge is 0.339 e. The summed E-state index contributed by atoms with van der Waals surface area (Å²) in [6, 6.07) is 13.4. The van der Waals surface area contributed by atoms with Gasteiger partial charge in [0.25, 0.3) is 0 Å². The number of thiazole rings is 1. The first-order chi connectivity index (χ1) is 13.2. The molecular formula is C19H16N4O2S2. The molecule has 27 heavy (non-hydrogen) atoms. The van der Waals surface area contributed by atoms with E-state index in [0.29, 0.717) is 23.3 Å². The Labute approximate surface area is 164 Å². The number of thiophene rings is 1. The lowest BCUT2D eigenvalue weighted by molar-refractivity contribution is -0.117. The van der Waals surface area contributed by atoms with E-state index in [1.54, 1.807) is 16.2 Å². The molecule has 0 N–H and O–H groups in total. The minimum absolute atomic E-state index is 0.0635. The number of para-hydroxylation sites is 1. The van der Waals surface area contributed by atoms with Crippen molar-refractivity contribution in [1.29, 1.82) is 0 Å². The Morgan fingerprint density at radius 3 is 2.67 bits per heavy atom. The molecule has 0 aliphatic rings. The SMILES string of the molecule is Cc1csc(N(C(=O)CCc2nc(-c3cccs3)no2)c2ccccc2)n1. The normalized spacial score (nSPS) is 10.9. The van der Waals surface area contributed by atoms with Crippen molar-refractivity contribution in [3.05, 3.63) is 64.8 Å². The third-order valence-electron chi connectivity index (χ3n) is 3.82. The van der Waals surface area contributed by atoms with Gasteiger partial charge >= 0.3 is 0 Å². The fourth-order valence-electron chi connectivity index (χ4n) is 2.57. The number of hydrogen-bond donors (Lipinski definition) is 0. The van der Waals surface area contributed by atoms with Gasteiger partial charge in [-0.2, -0.15) is 4.98 Å². The quantitative estimate of drug-likeness (QED) is 0.465. The van der Waals surface area contributed by atoms with Crippen LogP contribution in [0.25, 0.3) is 10.7 Å². The van der Waals surface area contributed by atoms with Crippen LogP contribution < -0.4 is 4.90 Å². The molecule has 0 radical (unpaired) electrons. The van der Waals surface area contributed by atoms with Crippen molar-refractivity contribution >= 4 is 39.4 Å². The van der Waals surface area contributed by atoms with Crippen molar-refractivity contribution in [2.24, 2.45) is 0 Å². The highest BCUT2D eigenvalue weighted by atomic mass is 32.1. The highest BCUT2D eigenvalue weighted by molar-refractivity contribution is 7.14. The van der Waals surface area contributed by atoms with Gasteiger partial charge in [0.05, 0.1) is 16.3 Å². The number of amides is 1. The Balaban J connectivity index is 1.51. The Morgan fingerprint density at radius 2 is 1.96 bits per heavy atom. The van der Waals surface area contributed by atoms with E-state index in [0.717, 1.165) is 16.3 Å². The van der Waals surface area contributed by atoms with E-state index in [4.69, 9.17) is 4.52 Å². The van der Waals surface area contributed by atoms with E-state index in [1.165, 1.54) is 11.3 Å². The van der Waals surface area contributed by atoms with Gasteiger partial charge in [0.2, 0.25) is 17.6 Å². The number of nitrogens with zero attached hydrogens (tertiary/aromatic N) is 4. The van der Waals surface area contributed by atoms with Crippen LogP contribution in [-0.2, 0) is 11.2 Å². The van der Waals surface area contributed by atoms with Crippen LogP contribution in [0.3, 0.4) is 0 Å². The molecule has 0 bridgehead atoms. The highest BCUT2D eigenvalue weighted by Crippen LogP contribution is 2.29. The molecule has 1 aromatic carbocycles. The van der Waals surface area contributed by atoms with Crippen LogP contribution in [0.15, 0.2) is 57.7 Å². The second-order valence-electron chi connectivity index (χ2n) is 5.83. The number of aromatic nitrogens is 3. The minimum atomic E-state index is -0.0635. The van der Waals surface area contributed by atoms with Gasteiger partial charge in [-0.05, 0) is 30.5 Å². The summed E-state index contributed by atoms with van der Waals surface area (Å²) in [6.07, 6.45) is 0.629. The van der Waals surface area contributed by atoms with Crippen molar-refractivity contribution in [2.45, 2.75) is 19.8 Å². The lowest BCUT2D eigenvalue weighted by Gasteiger charge is -2.19. The predicted molar refractivity (Wildman–Crippen MR) is 106 cm³/mol. The highest BCUT2D eigenvalue weighted by Gasteiger charge is 2.21. The van der Waals surface area contributed by atoms with Crippen LogP contribution in [0.4, 0.5) is 10.8 Å². The van der Waals surface area contributed by atoms with Crippen molar-refractivity contribution < 1.29 is 9.32 Å². The Bertz CT molecular complexity index is 1030. The zero-order valence-electron chi connectivity index (χ0n) is 14.5. The second kappa shape index (κ2) is 7.81. The average Bonchev–Trinajstić information content (AvgIpc) is 3.43. The van der Waals surface area contributed by atoms with Crippen LogP contribution >= 0.6 is 22.7 Å². The Morgan fingerprint density at radius 1 is 1.11 bits per heavy atom. The van der Waals surface area contributed by atoms with Crippen LogP contribution in [0.1, 0.15) is 18.0 Å². The van der Waals surface area contributed by atoms with Gasteiger partial charge in [-0.1, -0.05) is 29.4 Å². The molecule has 8 heteroatoms. The number of carbonyl (C=O) groups excluding carboxylic acids is 1. The van der Waals surface area contributed by atoms with Crippen LogP contribution in [0.5, 0.6) is 0 Å². The topological polar surface area (TPSA) is 72.1 Å². The first kappa shape index (κ1) is 17.6. The zero-order valence-corrected chi connectivity index (χ0v) is 16.2. The number of hydrogen-bond acceptors (Lipinski definition) is 7. The fraction of sp³-hybridized carbons (Fsp3) is 0.158. The maximum absolute atomic E-state index is 13.0. The van der Waals surface area contributed by atoms with Crippen molar-refractivity contribution in [1.82, 2.24) is 15.1 Å². The Hall–Kier alpha value is -2.84. The number of anilines is 2. The first-order valence-corrected chi connectivity index (χ1v) is 10.1. The van der Waals surface area contributed by atoms with E-state index in [-0.39, 0.29) is 12.3 Å². The molecule has 0 spiro atoms. The monoisotopic (exact) mass is 396 g/mol. The number of carbonyl (C=O) groups is 1. The molecule has 3 aromatic heterocycles. The Kier molecular flexibility index (Phi) is 5.08. The van der Waals surface area contributed by atoms with Crippen molar-refractivity contribution in [3.63, 3.8) is 0 Å². The molecular weight excluding hydrogens is 380 g/mol. The molecule has 0 saturated heterocycles. The van der Waals surface area contributed by atoms with Gasteiger partial charge in [-0.3, -0.25) is 9.69 Å². The number of rotatable bonds is 6.